The van der Waals surface area contributed by atoms with Crippen LogP contribution in [-0.2, 0) is 26.0 Å². The van der Waals surface area contributed by atoms with Crippen molar-refractivity contribution in [2.75, 3.05) is 16.9 Å². The maximum atomic E-state index is 14.6. The molecule has 2 N–H and O–H groups in total. The molecule has 0 spiro atoms. The zero-order valence-corrected chi connectivity index (χ0v) is 16.8. The Morgan fingerprint density at radius 1 is 1.44 bits per heavy atom. The topological polar surface area (TPSA) is 95.6 Å². The smallest absolute Gasteiger partial charge is 0.247 e. The molecule has 27 heavy (non-hydrogen) atoms. The second kappa shape index (κ2) is 7.76. The minimum atomic E-state index is -4.19. The van der Waals surface area contributed by atoms with Gasteiger partial charge in [-0.05, 0) is 37.5 Å². The van der Waals surface area contributed by atoms with Crippen LogP contribution in [0.4, 0.5) is 10.1 Å². The number of benzene rings is 1. The number of rotatable bonds is 5. The monoisotopic (exact) mass is 415 g/mol. The Morgan fingerprint density at radius 2 is 2.19 bits per heavy atom. The van der Waals surface area contributed by atoms with Gasteiger partial charge in [0.25, 0.3) is 0 Å². The van der Waals surface area contributed by atoms with Crippen molar-refractivity contribution in [3.63, 3.8) is 0 Å². The zero-order chi connectivity index (χ0) is 19.8. The molecule has 1 saturated heterocycles. The Labute approximate surface area is 162 Å². The predicted molar refractivity (Wildman–Crippen MR) is 101 cm³/mol. The Kier molecular flexibility index (Phi) is 5.78. The van der Waals surface area contributed by atoms with Crippen LogP contribution >= 0.6 is 11.8 Å². The van der Waals surface area contributed by atoms with Crippen molar-refractivity contribution in [3.05, 3.63) is 23.5 Å². The Morgan fingerprint density at radius 3 is 2.89 bits per heavy atom. The Hall–Kier alpha value is -1.65. The number of halogens is 1. The first-order valence-electron chi connectivity index (χ1n) is 8.76. The molecular weight excluding hydrogens is 393 g/mol. The number of fused-ring (bicyclic) bond motifs is 1. The van der Waals surface area contributed by atoms with E-state index in [1.54, 1.807) is 0 Å². The van der Waals surface area contributed by atoms with E-state index in [0.29, 0.717) is 23.4 Å². The number of nitrogens with one attached hydrogen (secondary N) is 2. The molecule has 148 valence electrons. The van der Waals surface area contributed by atoms with Crippen LogP contribution in [0.25, 0.3) is 0 Å². The van der Waals surface area contributed by atoms with Crippen molar-refractivity contribution < 1.29 is 22.4 Å². The van der Waals surface area contributed by atoms with E-state index in [1.807, 2.05) is 13.8 Å². The van der Waals surface area contributed by atoms with Gasteiger partial charge in [0, 0.05) is 23.9 Å². The maximum Gasteiger partial charge on any atom is 0.247 e. The number of sulfonamides is 1. The van der Waals surface area contributed by atoms with Gasteiger partial charge in [-0.15, -0.1) is 11.8 Å². The van der Waals surface area contributed by atoms with Crippen LogP contribution in [0.2, 0.25) is 0 Å². The fourth-order valence-electron chi connectivity index (χ4n) is 3.02. The molecule has 1 fully saturated rings. The summed E-state index contributed by atoms with van der Waals surface area (Å²) in [5, 5.41) is 5.34. The standard InChI is InChI=1S/C17H22FN3O4S2/c1-3-10(2)19-17(23)14-8-26-9-21(14)27(24,25)15-6-11-4-5-16(22)20-13(11)7-12(15)18/h6-7,10,14H,3-5,8-9H2,1-2H3,(H,19,23)(H,20,22). The summed E-state index contributed by atoms with van der Waals surface area (Å²) in [5.41, 5.74) is 0.867. The second-order valence-electron chi connectivity index (χ2n) is 6.71. The highest BCUT2D eigenvalue weighted by molar-refractivity contribution is 8.00. The number of anilines is 1. The minimum Gasteiger partial charge on any atom is -0.352 e. The molecule has 0 saturated carbocycles. The Balaban J connectivity index is 1.91. The molecule has 10 heteroatoms. The quantitative estimate of drug-likeness (QED) is 0.763. The molecule has 0 aromatic heterocycles. The summed E-state index contributed by atoms with van der Waals surface area (Å²) in [6.45, 7) is 3.76. The summed E-state index contributed by atoms with van der Waals surface area (Å²) in [6.07, 6.45) is 1.29. The number of nitrogens with zero attached hydrogens (tertiary/aromatic N) is 1. The molecule has 7 nitrogen and oxygen atoms in total. The maximum absolute atomic E-state index is 14.6. The van der Waals surface area contributed by atoms with E-state index in [1.165, 1.54) is 17.8 Å². The molecule has 3 rings (SSSR count). The molecule has 2 aliphatic rings. The van der Waals surface area contributed by atoms with Crippen molar-refractivity contribution in [1.82, 2.24) is 9.62 Å². The van der Waals surface area contributed by atoms with E-state index < -0.39 is 26.8 Å². The summed E-state index contributed by atoms with van der Waals surface area (Å²) in [5.74, 6) is -1.12. The van der Waals surface area contributed by atoms with Gasteiger partial charge in [0.15, 0.2) is 0 Å². The first kappa shape index (κ1) is 20.1. The highest BCUT2D eigenvalue weighted by atomic mass is 32.2. The van der Waals surface area contributed by atoms with E-state index in [9.17, 15) is 22.4 Å². The number of hydrogen-bond acceptors (Lipinski definition) is 5. The lowest BCUT2D eigenvalue weighted by molar-refractivity contribution is -0.124. The van der Waals surface area contributed by atoms with Gasteiger partial charge < -0.3 is 10.6 Å². The van der Waals surface area contributed by atoms with Gasteiger partial charge in [0.2, 0.25) is 21.8 Å². The van der Waals surface area contributed by atoms with Gasteiger partial charge in [-0.1, -0.05) is 6.92 Å². The van der Waals surface area contributed by atoms with Crippen molar-refractivity contribution in [3.8, 4) is 0 Å². The molecule has 2 heterocycles. The van der Waals surface area contributed by atoms with Gasteiger partial charge >= 0.3 is 0 Å². The fraction of sp³-hybridized carbons (Fsp3) is 0.529. The third-order valence-corrected chi connectivity index (χ3v) is 7.83. The Bertz CT molecular complexity index is 875. The summed E-state index contributed by atoms with van der Waals surface area (Å²) >= 11 is 1.32. The molecule has 2 amide bonds. The van der Waals surface area contributed by atoms with Crippen LogP contribution in [-0.4, -0.2) is 48.3 Å². The lowest BCUT2D eigenvalue weighted by atomic mass is 10.0. The fourth-order valence-corrected chi connectivity index (χ4v) is 6.26. The van der Waals surface area contributed by atoms with Crippen LogP contribution < -0.4 is 10.6 Å². The van der Waals surface area contributed by atoms with E-state index in [0.717, 1.165) is 16.8 Å². The van der Waals surface area contributed by atoms with E-state index in [4.69, 9.17) is 0 Å². The normalized spacial score (nSPS) is 21.4. The summed E-state index contributed by atoms with van der Waals surface area (Å²) in [7, 11) is -4.19. The number of aryl methyl sites for hydroxylation is 1. The molecular formula is C17H22FN3O4S2. The average Bonchev–Trinajstić information content (AvgIpc) is 3.11. The van der Waals surface area contributed by atoms with Crippen LogP contribution in [0.15, 0.2) is 17.0 Å². The third kappa shape index (κ3) is 3.97. The first-order valence-corrected chi connectivity index (χ1v) is 11.4. The highest BCUT2D eigenvalue weighted by Gasteiger charge is 2.41. The van der Waals surface area contributed by atoms with E-state index in [-0.39, 0.29) is 30.2 Å². The average molecular weight is 416 g/mol. The van der Waals surface area contributed by atoms with Crippen LogP contribution in [0, 0.1) is 5.82 Å². The van der Waals surface area contributed by atoms with Gasteiger partial charge in [-0.25, -0.2) is 12.8 Å². The molecule has 2 unspecified atom stereocenters. The van der Waals surface area contributed by atoms with Gasteiger partial charge in [-0.2, -0.15) is 4.31 Å². The van der Waals surface area contributed by atoms with Crippen molar-refractivity contribution >= 4 is 39.3 Å². The predicted octanol–water partition coefficient (Wildman–Crippen LogP) is 1.69. The molecule has 1 aromatic rings. The number of carbonyl (C=O) groups excluding carboxylic acids is 2. The molecule has 0 aliphatic carbocycles. The van der Waals surface area contributed by atoms with E-state index >= 15 is 0 Å². The molecule has 1 aromatic carbocycles. The summed E-state index contributed by atoms with van der Waals surface area (Å²) < 4.78 is 41.8. The SMILES string of the molecule is CCC(C)NC(=O)C1CSCN1S(=O)(=O)c1cc2c(cc1F)NC(=O)CC2. The minimum absolute atomic E-state index is 0.0725. The largest absolute Gasteiger partial charge is 0.352 e. The van der Waals surface area contributed by atoms with Crippen molar-refractivity contribution in [2.24, 2.45) is 0 Å². The number of thioether (sulfide) groups is 1. The van der Waals surface area contributed by atoms with Gasteiger partial charge in [0.1, 0.15) is 16.8 Å². The second-order valence-corrected chi connectivity index (χ2v) is 9.57. The van der Waals surface area contributed by atoms with Crippen molar-refractivity contribution in [1.29, 1.82) is 0 Å². The lowest BCUT2D eigenvalue weighted by Crippen LogP contribution is -2.49. The first-order chi connectivity index (χ1) is 12.7. The molecule has 0 radical (unpaired) electrons. The van der Waals surface area contributed by atoms with Crippen LogP contribution in [0.5, 0.6) is 0 Å². The molecule has 2 aliphatic heterocycles. The van der Waals surface area contributed by atoms with Crippen molar-refractivity contribution in [2.45, 2.75) is 50.1 Å². The lowest BCUT2D eigenvalue weighted by Gasteiger charge is -2.25. The molecule has 0 bridgehead atoms. The van der Waals surface area contributed by atoms with E-state index in [2.05, 4.69) is 10.6 Å². The highest BCUT2D eigenvalue weighted by Crippen LogP contribution is 2.33. The van der Waals surface area contributed by atoms with Crippen LogP contribution in [0.1, 0.15) is 32.3 Å². The zero-order valence-electron chi connectivity index (χ0n) is 15.1. The summed E-state index contributed by atoms with van der Waals surface area (Å²) in [4.78, 5) is 23.5. The van der Waals surface area contributed by atoms with Gasteiger partial charge in [-0.3, -0.25) is 9.59 Å². The summed E-state index contributed by atoms with van der Waals surface area (Å²) in [6, 6.07) is 1.36. The number of hydrogen-bond donors (Lipinski definition) is 2. The van der Waals surface area contributed by atoms with Crippen LogP contribution in [0.3, 0.4) is 0 Å². The number of amides is 2. The molecule has 2 atom stereocenters. The number of carbonyl (C=O) groups is 2. The van der Waals surface area contributed by atoms with Gasteiger partial charge in [0.05, 0.1) is 5.88 Å². The third-order valence-electron chi connectivity index (χ3n) is 4.79.